The highest BCUT2D eigenvalue weighted by molar-refractivity contribution is 7.89. The molecule has 102 valence electrons. The van der Waals surface area contributed by atoms with E-state index in [0.717, 1.165) is 25.0 Å². The lowest BCUT2D eigenvalue weighted by molar-refractivity contribution is 0.306. The van der Waals surface area contributed by atoms with E-state index in [4.69, 9.17) is 9.88 Å². The molecule has 0 aliphatic heterocycles. The van der Waals surface area contributed by atoms with E-state index in [1.54, 1.807) is 0 Å². The highest BCUT2D eigenvalue weighted by Crippen LogP contribution is 2.13. The first kappa shape index (κ1) is 15.0. The van der Waals surface area contributed by atoms with Crippen molar-refractivity contribution in [2.45, 2.75) is 32.6 Å². The summed E-state index contributed by atoms with van der Waals surface area (Å²) in [5, 5.41) is 4.91. The third-order valence-electron chi connectivity index (χ3n) is 2.67. The summed E-state index contributed by atoms with van der Waals surface area (Å²) in [5.74, 6) is 0.914. The fourth-order valence-electron chi connectivity index (χ4n) is 1.59. The largest absolute Gasteiger partial charge is 0.494 e. The summed E-state index contributed by atoms with van der Waals surface area (Å²) in [6.07, 6.45) is 3.26. The first-order valence-electron chi connectivity index (χ1n) is 6.23. The minimum absolute atomic E-state index is 0.0538. The first-order chi connectivity index (χ1) is 8.51. The van der Waals surface area contributed by atoms with Gasteiger partial charge < -0.3 is 4.74 Å². The van der Waals surface area contributed by atoms with Crippen molar-refractivity contribution in [2.75, 3.05) is 12.4 Å². The molecule has 0 aliphatic carbocycles. The summed E-state index contributed by atoms with van der Waals surface area (Å²) >= 11 is 0. The maximum atomic E-state index is 10.7. The van der Waals surface area contributed by atoms with Gasteiger partial charge in [-0.3, -0.25) is 0 Å². The van der Waals surface area contributed by atoms with Crippen LogP contribution in [0.15, 0.2) is 24.3 Å². The number of primary sulfonamides is 1. The Labute approximate surface area is 109 Å². The number of unbranched alkanes of at least 4 members (excludes halogenated alkanes) is 2. The lowest BCUT2D eigenvalue weighted by atomic mass is 10.2. The minimum atomic E-state index is -3.31. The lowest BCUT2D eigenvalue weighted by Crippen LogP contribution is -2.16. The van der Waals surface area contributed by atoms with Crippen LogP contribution in [0.4, 0.5) is 0 Å². The summed E-state index contributed by atoms with van der Waals surface area (Å²) in [6.45, 7) is 2.72. The smallest absolute Gasteiger partial charge is 0.209 e. The van der Waals surface area contributed by atoms with Crippen molar-refractivity contribution in [3.05, 3.63) is 29.8 Å². The molecule has 0 aromatic heterocycles. The molecular weight excluding hydrogens is 250 g/mol. The van der Waals surface area contributed by atoms with Crippen LogP contribution in [-0.4, -0.2) is 20.8 Å². The number of nitrogens with two attached hydrogens (primary N) is 1. The number of benzene rings is 1. The number of ether oxygens (including phenoxy) is 1. The highest BCUT2D eigenvalue weighted by atomic mass is 32.2. The van der Waals surface area contributed by atoms with Crippen LogP contribution in [0, 0.1) is 0 Å². The molecular formula is C13H21NO3S. The maximum absolute atomic E-state index is 10.7. The number of sulfonamides is 1. The van der Waals surface area contributed by atoms with Crippen LogP contribution >= 0.6 is 0 Å². The zero-order valence-corrected chi connectivity index (χ0v) is 11.6. The second kappa shape index (κ2) is 7.38. The Morgan fingerprint density at radius 3 is 2.33 bits per heavy atom. The first-order valence-corrected chi connectivity index (χ1v) is 7.95. The zero-order valence-electron chi connectivity index (χ0n) is 10.8. The molecule has 18 heavy (non-hydrogen) atoms. The minimum Gasteiger partial charge on any atom is -0.494 e. The Balaban J connectivity index is 2.14. The summed E-state index contributed by atoms with van der Waals surface area (Å²) in [7, 11) is -3.31. The van der Waals surface area contributed by atoms with Crippen LogP contribution < -0.4 is 9.88 Å². The van der Waals surface area contributed by atoms with Gasteiger partial charge in [0, 0.05) is 0 Å². The quantitative estimate of drug-likeness (QED) is 0.736. The Hall–Kier alpha value is -1.07. The third-order valence-corrected chi connectivity index (χ3v) is 3.53. The predicted octanol–water partition coefficient (Wildman–Crippen LogP) is 2.09. The normalized spacial score (nSPS) is 11.4. The van der Waals surface area contributed by atoms with Crippen molar-refractivity contribution in [2.24, 2.45) is 5.14 Å². The third kappa shape index (κ3) is 6.61. The molecule has 2 N–H and O–H groups in total. The van der Waals surface area contributed by atoms with E-state index in [0.29, 0.717) is 13.0 Å². The van der Waals surface area contributed by atoms with Gasteiger partial charge in [-0.2, -0.15) is 0 Å². The van der Waals surface area contributed by atoms with E-state index in [9.17, 15) is 8.42 Å². The summed E-state index contributed by atoms with van der Waals surface area (Å²) in [4.78, 5) is 0. The van der Waals surface area contributed by atoms with E-state index in [2.05, 4.69) is 19.1 Å². The Kier molecular flexibility index (Phi) is 6.15. The van der Waals surface area contributed by atoms with E-state index in [-0.39, 0.29) is 5.75 Å². The second-order valence-electron chi connectivity index (χ2n) is 4.27. The molecule has 0 atom stereocenters. The van der Waals surface area contributed by atoms with Crippen LogP contribution in [0.25, 0.3) is 0 Å². The fraction of sp³-hybridized carbons (Fsp3) is 0.538. The predicted molar refractivity (Wildman–Crippen MR) is 73.1 cm³/mol. The molecule has 0 spiro atoms. The van der Waals surface area contributed by atoms with Crippen LogP contribution in [-0.2, 0) is 16.4 Å². The van der Waals surface area contributed by atoms with Crippen molar-refractivity contribution >= 4 is 10.0 Å². The molecule has 0 heterocycles. The second-order valence-corrected chi connectivity index (χ2v) is 6.01. The van der Waals surface area contributed by atoms with Gasteiger partial charge in [-0.1, -0.05) is 19.1 Å². The van der Waals surface area contributed by atoms with Crippen molar-refractivity contribution < 1.29 is 13.2 Å². The van der Waals surface area contributed by atoms with Gasteiger partial charge in [-0.25, -0.2) is 13.6 Å². The van der Waals surface area contributed by atoms with Crippen LogP contribution in [0.3, 0.4) is 0 Å². The van der Waals surface area contributed by atoms with Gasteiger partial charge in [0.25, 0.3) is 0 Å². The Morgan fingerprint density at radius 1 is 1.11 bits per heavy atom. The maximum Gasteiger partial charge on any atom is 0.209 e. The summed E-state index contributed by atoms with van der Waals surface area (Å²) < 4.78 is 26.9. The Morgan fingerprint density at radius 2 is 1.78 bits per heavy atom. The van der Waals surface area contributed by atoms with Gasteiger partial charge >= 0.3 is 0 Å². The van der Waals surface area contributed by atoms with Gasteiger partial charge in [0.2, 0.25) is 10.0 Å². The molecule has 0 fully saturated rings. The van der Waals surface area contributed by atoms with Crippen LogP contribution in [0.5, 0.6) is 5.75 Å². The number of hydrogen-bond donors (Lipinski definition) is 1. The molecule has 4 nitrogen and oxygen atoms in total. The van der Waals surface area contributed by atoms with Gasteiger partial charge in [0.15, 0.2) is 0 Å². The summed E-state index contributed by atoms with van der Waals surface area (Å²) in [5.41, 5.74) is 1.29. The average molecular weight is 271 g/mol. The van der Waals surface area contributed by atoms with E-state index in [1.165, 1.54) is 5.56 Å². The SMILES string of the molecule is CCc1ccc(OCCCCCS(N)(=O)=O)cc1. The van der Waals surface area contributed by atoms with Gasteiger partial charge in [0.1, 0.15) is 5.75 Å². The molecule has 0 saturated carbocycles. The topological polar surface area (TPSA) is 69.4 Å². The van der Waals surface area contributed by atoms with Crippen LogP contribution in [0.1, 0.15) is 31.7 Å². The monoisotopic (exact) mass is 271 g/mol. The van der Waals surface area contributed by atoms with Crippen molar-refractivity contribution in [3.63, 3.8) is 0 Å². The van der Waals surface area contributed by atoms with Crippen molar-refractivity contribution in [3.8, 4) is 5.75 Å². The molecule has 0 radical (unpaired) electrons. The number of aryl methyl sites for hydroxylation is 1. The van der Waals surface area contributed by atoms with E-state index >= 15 is 0 Å². The molecule has 1 aromatic rings. The highest BCUT2D eigenvalue weighted by Gasteiger charge is 2.01. The van der Waals surface area contributed by atoms with E-state index < -0.39 is 10.0 Å². The molecule has 1 aromatic carbocycles. The number of rotatable bonds is 8. The molecule has 0 amide bonds. The molecule has 0 aliphatic rings. The summed E-state index contributed by atoms with van der Waals surface area (Å²) in [6, 6.07) is 8.03. The van der Waals surface area contributed by atoms with Gasteiger partial charge in [-0.15, -0.1) is 0 Å². The standard InChI is InChI=1S/C13H21NO3S/c1-2-12-6-8-13(9-7-12)17-10-4-3-5-11-18(14,15)16/h6-9H,2-5,10-11H2,1H3,(H2,14,15,16). The fourth-order valence-corrected chi connectivity index (χ4v) is 2.20. The van der Waals surface area contributed by atoms with E-state index in [1.807, 2.05) is 12.1 Å². The number of hydrogen-bond acceptors (Lipinski definition) is 3. The molecule has 0 unspecified atom stereocenters. The van der Waals surface area contributed by atoms with Crippen LogP contribution in [0.2, 0.25) is 0 Å². The zero-order chi connectivity index (χ0) is 13.4. The van der Waals surface area contributed by atoms with Gasteiger partial charge in [-0.05, 0) is 43.4 Å². The van der Waals surface area contributed by atoms with Crippen molar-refractivity contribution in [1.82, 2.24) is 0 Å². The average Bonchev–Trinajstić information content (AvgIpc) is 2.33. The molecule has 5 heteroatoms. The Bertz CT molecular complexity index is 440. The lowest BCUT2D eigenvalue weighted by Gasteiger charge is -2.06. The molecule has 0 bridgehead atoms. The van der Waals surface area contributed by atoms with Gasteiger partial charge in [0.05, 0.1) is 12.4 Å². The molecule has 0 saturated heterocycles. The molecule has 1 rings (SSSR count). The van der Waals surface area contributed by atoms with Crippen molar-refractivity contribution in [1.29, 1.82) is 0 Å².